The van der Waals surface area contributed by atoms with Crippen LogP contribution in [0.4, 0.5) is 10.5 Å². The fourth-order valence-electron chi connectivity index (χ4n) is 3.02. The smallest absolute Gasteiger partial charge is 0.319 e. The van der Waals surface area contributed by atoms with Crippen LogP contribution in [0, 0.1) is 6.92 Å². The summed E-state index contributed by atoms with van der Waals surface area (Å²) in [5, 5.41) is 6.61. The first-order valence-electron chi connectivity index (χ1n) is 9.94. The quantitative estimate of drug-likeness (QED) is 0.245. The number of thioether (sulfide) groups is 2. The van der Waals surface area contributed by atoms with Gasteiger partial charge in [0.2, 0.25) is 0 Å². The van der Waals surface area contributed by atoms with Crippen molar-refractivity contribution in [3.05, 3.63) is 78.1 Å². The molecule has 0 aliphatic heterocycles. The molecule has 0 atom stereocenters. The molecular formula is C23H23N5OS2. The first-order valence-corrected chi connectivity index (χ1v) is 11.9. The number of nitrogens with one attached hydrogen (secondary N) is 3. The van der Waals surface area contributed by atoms with Crippen LogP contribution in [0.3, 0.4) is 0 Å². The number of urea groups is 1. The van der Waals surface area contributed by atoms with Gasteiger partial charge in [-0.2, -0.15) is 0 Å². The number of para-hydroxylation sites is 3. The Labute approximate surface area is 189 Å². The molecule has 0 fully saturated rings. The Morgan fingerprint density at radius 2 is 1.84 bits per heavy atom. The third-order valence-corrected chi connectivity index (χ3v) is 6.69. The molecule has 2 amide bonds. The summed E-state index contributed by atoms with van der Waals surface area (Å²) in [5.41, 5.74) is 5.02. The number of pyridine rings is 1. The number of carbonyl (C=O) groups is 1. The van der Waals surface area contributed by atoms with Crippen molar-refractivity contribution >= 4 is 46.3 Å². The van der Waals surface area contributed by atoms with Gasteiger partial charge < -0.3 is 15.6 Å². The largest absolute Gasteiger partial charge is 0.337 e. The minimum absolute atomic E-state index is 0.193. The van der Waals surface area contributed by atoms with Crippen LogP contribution in [0.15, 0.2) is 76.9 Å². The molecule has 2 heterocycles. The number of aromatic nitrogens is 3. The van der Waals surface area contributed by atoms with Gasteiger partial charge in [-0.1, -0.05) is 42.1 Å². The number of hydrogen-bond acceptors (Lipinski definition) is 5. The van der Waals surface area contributed by atoms with E-state index in [1.54, 1.807) is 23.5 Å². The number of nitrogens with zero attached hydrogens (tertiary/aromatic N) is 2. The van der Waals surface area contributed by atoms with Crippen LogP contribution in [0.2, 0.25) is 0 Å². The Bertz CT molecular complexity index is 1130. The number of amides is 2. The number of carbonyl (C=O) groups excluding carboxylic acids is 1. The number of H-pyrrole nitrogens is 1. The van der Waals surface area contributed by atoms with E-state index in [-0.39, 0.29) is 6.03 Å². The zero-order chi connectivity index (χ0) is 21.5. The van der Waals surface area contributed by atoms with E-state index in [4.69, 9.17) is 0 Å². The summed E-state index contributed by atoms with van der Waals surface area (Å²) >= 11 is 3.37. The second-order valence-electron chi connectivity index (χ2n) is 6.82. The molecule has 0 spiro atoms. The van der Waals surface area contributed by atoms with Crippen LogP contribution in [-0.2, 0) is 5.75 Å². The van der Waals surface area contributed by atoms with E-state index >= 15 is 0 Å². The van der Waals surface area contributed by atoms with Crippen LogP contribution in [0.5, 0.6) is 0 Å². The van der Waals surface area contributed by atoms with Crippen LogP contribution < -0.4 is 10.6 Å². The van der Waals surface area contributed by atoms with Gasteiger partial charge in [0.25, 0.3) is 0 Å². The molecule has 0 bridgehead atoms. The van der Waals surface area contributed by atoms with Crippen molar-refractivity contribution in [2.75, 3.05) is 17.6 Å². The highest BCUT2D eigenvalue weighted by atomic mass is 32.2. The van der Waals surface area contributed by atoms with Crippen LogP contribution in [0.1, 0.15) is 11.3 Å². The molecule has 0 aliphatic rings. The fourth-order valence-corrected chi connectivity index (χ4v) is 4.84. The highest BCUT2D eigenvalue weighted by molar-refractivity contribution is 7.99. The van der Waals surface area contributed by atoms with Gasteiger partial charge >= 0.3 is 6.03 Å². The molecule has 158 valence electrons. The van der Waals surface area contributed by atoms with Crippen molar-refractivity contribution < 1.29 is 4.79 Å². The number of rotatable bonds is 8. The number of benzene rings is 2. The molecule has 0 aliphatic carbocycles. The van der Waals surface area contributed by atoms with Gasteiger partial charge in [-0.25, -0.2) is 9.78 Å². The Morgan fingerprint density at radius 3 is 2.68 bits per heavy atom. The SMILES string of the molecule is Cc1c(SCCNC(=O)Nc2ccccc2)ccnc1CSc1nc2ccccc2[nH]1. The highest BCUT2D eigenvalue weighted by Gasteiger charge is 2.09. The normalized spacial score (nSPS) is 10.9. The van der Waals surface area contributed by atoms with Gasteiger partial charge in [-0.05, 0) is 42.8 Å². The van der Waals surface area contributed by atoms with Gasteiger partial charge in [-0.15, -0.1) is 11.8 Å². The summed E-state index contributed by atoms with van der Waals surface area (Å²) in [5.74, 6) is 1.53. The Morgan fingerprint density at radius 1 is 1.03 bits per heavy atom. The topological polar surface area (TPSA) is 82.7 Å². The maximum Gasteiger partial charge on any atom is 0.319 e. The third-order valence-electron chi connectivity index (χ3n) is 4.65. The van der Waals surface area contributed by atoms with Crippen molar-refractivity contribution in [2.24, 2.45) is 0 Å². The lowest BCUT2D eigenvalue weighted by Gasteiger charge is -2.10. The lowest BCUT2D eigenvalue weighted by Crippen LogP contribution is -2.30. The zero-order valence-corrected chi connectivity index (χ0v) is 18.7. The lowest BCUT2D eigenvalue weighted by atomic mass is 10.2. The van der Waals surface area contributed by atoms with Gasteiger partial charge in [0.05, 0.1) is 16.7 Å². The van der Waals surface area contributed by atoms with Crippen molar-refractivity contribution in [3.63, 3.8) is 0 Å². The van der Waals surface area contributed by atoms with Crippen LogP contribution in [0.25, 0.3) is 11.0 Å². The molecule has 4 rings (SSSR count). The highest BCUT2D eigenvalue weighted by Crippen LogP contribution is 2.28. The van der Waals surface area contributed by atoms with Gasteiger partial charge in [0.1, 0.15) is 0 Å². The van der Waals surface area contributed by atoms with Gasteiger partial charge in [0.15, 0.2) is 5.16 Å². The predicted octanol–water partition coefficient (Wildman–Crippen LogP) is 5.47. The summed E-state index contributed by atoms with van der Waals surface area (Å²) in [6, 6.07) is 19.3. The number of fused-ring (bicyclic) bond motifs is 1. The minimum atomic E-state index is -0.193. The minimum Gasteiger partial charge on any atom is -0.337 e. The van der Waals surface area contributed by atoms with Gasteiger partial charge in [0, 0.05) is 34.8 Å². The standard InChI is InChI=1S/C23H23N5OS2/c1-16-20(15-31-23-27-18-9-5-6-10-19(18)28-23)24-12-11-21(16)30-14-13-25-22(29)26-17-7-3-2-4-8-17/h2-12H,13-15H2,1H3,(H,27,28)(H2,25,26,29). The monoisotopic (exact) mass is 449 g/mol. The third kappa shape index (κ3) is 5.80. The molecule has 0 radical (unpaired) electrons. The molecule has 6 nitrogen and oxygen atoms in total. The fraction of sp³-hybridized carbons (Fsp3) is 0.174. The predicted molar refractivity (Wildman–Crippen MR) is 129 cm³/mol. The maximum absolute atomic E-state index is 12.0. The van der Waals surface area contributed by atoms with E-state index in [9.17, 15) is 4.79 Å². The Balaban J connectivity index is 1.26. The summed E-state index contributed by atoms with van der Waals surface area (Å²) in [4.78, 5) is 25.7. The van der Waals surface area contributed by atoms with E-state index in [2.05, 4.69) is 32.5 Å². The first kappa shape index (κ1) is 21.3. The molecule has 2 aromatic carbocycles. The summed E-state index contributed by atoms with van der Waals surface area (Å²) < 4.78 is 0. The number of anilines is 1. The Hall–Kier alpha value is -2.97. The second kappa shape index (κ2) is 10.4. The van der Waals surface area contributed by atoms with E-state index in [1.807, 2.05) is 66.9 Å². The average Bonchev–Trinajstić information content (AvgIpc) is 3.20. The van der Waals surface area contributed by atoms with E-state index in [1.165, 1.54) is 10.5 Å². The van der Waals surface area contributed by atoms with Crippen molar-refractivity contribution in [2.45, 2.75) is 22.7 Å². The summed E-state index contributed by atoms with van der Waals surface area (Å²) in [6.45, 7) is 2.67. The number of aromatic amines is 1. The number of hydrogen-bond donors (Lipinski definition) is 3. The first-order chi connectivity index (χ1) is 15.2. The van der Waals surface area contributed by atoms with E-state index < -0.39 is 0 Å². The molecule has 8 heteroatoms. The summed E-state index contributed by atoms with van der Waals surface area (Å²) in [6.07, 6.45) is 1.85. The van der Waals surface area contributed by atoms with Crippen LogP contribution >= 0.6 is 23.5 Å². The van der Waals surface area contributed by atoms with Crippen molar-refractivity contribution in [3.8, 4) is 0 Å². The van der Waals surface area contributed by atoms with Gasteiger partial charge in [-0.3, -0.25) is 4.98 Å². The zero-order valence-electron chi connectivity index (χ0n) is 17.1. The molecule has 2 aromatic heterocycles. The second-order valence-corrected chi connectivity index (χ2v) is 8.92. The molecule has 4 aromatic rings. The lowest BCUT2D eigenvalue weighted by molar-refractivity contribution is 0.252. The maximum atomic E-state index is 12.0. The van der Waals surface area contributed by atoms with E-state index in [0.717, 1.165) is 39.1 Å². The van der Waals surface area contributed by atoms with E-state index in [0.29, 0.717) is 6.54 Å². The summed E-state index contributed by atoms with van der Waals surface area (Å²) in [7, 11) is 0. The van der Waals surface area contributed by atoms with Crippen LogP contribution in [-0.4, -0.2) is 33.3 Å². The molecule has 31 heavy (non-hydrogen) atoms. The van der Waals surface area contributed by atoms with Crippen molar-refractivity contribution in [1.29, 1.82) is 0 Å². The molecule has 0 saturated heterocycles. The Kier molecular flexibility index (Phi) is 7.11. The number of imidazole rings is 1. The molecule has 0 unspecified atom stereocenters. The molecule has 0 saturated carbocycles. The molecule has 3 N–H and O–H groups in total. The molecular weight excluding hydrogens is 426 g/mol. The van der Waals surface area contributed by atoms with Crippen molar-refractivity contribution in [1.82, 2.24) is 20.3 Å². The average molecular weight is 450 g/mol.